The van der Waals surface area contributed by atoms with Crippen molar-refractivity contribution in [3.05, 3.63) is 15.8 Å². The first-order chi connectivity index (χ1) is 7.75. The zero-order valence-corrected chi connectivity index (χ0v) is 11.1. The number of hydrogen-bond acceptors (Lipinski definition) is 4. The molecule has 0 bridgehead atoms. The molecule has 0 aliphatic carbocycles. The van der Waals surface area contributed by atoms with E-state index in [0.29, 0.717) is 0 Å². The van der Waals surface area contributed by atoms with Crippen molar-refractivity contribution in [1.82, 2.24) is 0 Å². The van der Waals surface area contributed by atoms with Gasteiger partial charge in [0.1, 0.15) is 11.8 Å². The number of aromatic carboxylic acids is 1. The van der Waals surface area contributed by atoms with E-state index in [-0.39, 0.29) is 16.0 Å². The number of hydrogen-bond donors (Lipinski definition) is 1. The maximum Gasteiger partial charge on any atom is 0.349 e. The highest BCUT2D eigenvalue weighted by atomic mass is 32.1. The molecule has 17 heavy (non-hydrogen) atoms. The van der Waals surface area contributed by atoms with Crippen molar-refractivity contribution in [1.29, 1.82) is 5.26 Å². The molecule has 1 N–H and O–H groups in total. The first-order valence-electron chi connectivity index (χ1n) is 5.19. The van der Waals surface area contributed by atoms with Gasteiger partial charge in [-0.15, -0.1) is 11.3 Å². The summed E-state index contributed by atoms with van der Waals surface area (Å²) < 4.78 is 5.30. The number of nitriles is 1. The minimum Gasteiger partial charge on any atom is -0.477 e. The minimum atomic E-state index is -1.02. The highest BCUT2D eigenvalue weighted by Gasteiger charge is 2.24. The smallest absolute Gasteiger partial charge is 0.349 e. The molecule has 0 aliphatic heterocycles. The quantitative estimate of drug-likeness (QED) is 0.898. The van der Waals surface area contributed by atoms with E-state index < -0.39 is 12.1 Å². The number of carboxylic acids is 1. The summed E-state index contributed by atoms with van der Waals surface area (Å²) in [5.41, 5.74) is -0.133. The fourth-order valence-corrected chi connectivity index (χ4v) is 2.18. The monoisotopic (exact) mass is 253 g/mol. The van der Waals surface area contributed by atoms with E-state index in [1.54, 1.807) is 13.0 Å². The van der Waals surface area contributed by atoms with Crippen LogP contribution in [0.4, 0.5) is 0 Å². The summed E-state index contributed by atoms with van der Waals surface area (Å²) in [5, 5.41) is 17.8. The van der Waals surface area contributed by atoms with Gasteiger partial charge < -0.3 is 9.84 Å². The molecule has 5 heteroatoms. The molecule has 1 atom stereocenters. The van der Waals surface area contributed by atoms with Crippen LogP contribution in [-0.2, 0) is 5.41 Å². The number of carboxylic acid groups (broad SMARTS) is 1. The molecule has 0 aliphatic rings. The van der Waals surface area contributed by atoms with Crippen molar-refractivity contribution in [3.63, 3.8) is 0 Å². The maximum atomic E-state index is 11.1. The van der Waals surface area contributed by atoms with Crippen LogP contribution in [0.15, 0.2) is 6.07 Å². The molecule has 4 nitrogen and oxygen atoms in total. The number of thiophene rings is 1. The molecule has 0 radical (unpaired) electrons. The minimum absolute atomic E-state index is 0.133. The Hall–Kier alpha value is -1.54. The lowest BCUT2D eigenvalue weighted by Crippen LogP contribution is -2.10. The summed E-state index contributed by atoms with van der Waals surface area (Å²) in [7, 11) is 0. The van der Waals surface area contributed by atoms with Gasteiger partial charge in [0, 0.05) is 4.88 Å². The van der Waals surface area contributed by atoms with Gasteiger partial charge in [-0.2, -0.15) is 5.26 Å². The van der Waals surface area contributed by atoms with E-state index in [2.05, 4.69) is 0 Å². The maximum absolute atomic E-state index is 11.1. The van der Waals surface area contributed by atoms with Crippen LogP contribution >= 0.6 is 11.3 Å². The van der Waals surface area contributed by atoms with Gasteiger partial charge >= 0.3 is 5.97 Å². The molecule has 1 aromatic heterocycles. The molecule has 1 aromatic rings. The number of carbonyl (C=O) groups is 1. The van der Waals surface area contributed by atoms with Crippen LogP contribution in [0.2, 0.25) is 0 Å². The molecule has 0 spiro atoms. The normalized spacial score (nSPS) is 12.9. The summed E-state index contributed by atoms with van der Waals surface area (Å²) >= 11 is 1.19. The van der Waals surface area contributed by atoms with E-state index in [1.807, 2.05) is 26.8 Å². The number of nitrogens with zero attached hydrogens (tertiary/aromatic N) is 1. The van der Waals surface area contributed by atoms with Gasteiger partial charge in [-0.1, -0.05) is 20.8 Å². The Balaban J connectivity index is 3.16. The van der Waals surface area contributed by atoms with Gasteiger partial charge in [0.25, 0.3) is 0 Å². The molecule has 92 valence electrons. The topological polar surface area (TPSA) is 70.3 Å². The third-order valence-electron chi connectivity index (χ3n) is 2.12. The van der Waals surface area contributed by atoms with Gasteiger partial charge in [0.15, 0.2) is 11.0 Å². The standard InChI is InChI=1S/C12H15NO3S/c1-7(6-13)16-8-5-9(12(2,3)4)17-10(8)11(14)15/h5,7H,1-4H3,(H,14,15). The third-order valence-corrected chi connectivity index (χ3v) is 3.65. The number of rotatable bonds is 3. The van der Waals surface area contributed by atoms with E-state index >= 15 is 0 Å². The Labute approximate surface area is 104 Å². The zero-order chi connectivity index (χ0) is 13.2. The summed E-state index contributed by atoms with van der Waals surface area (Å²) in [6.45, 7) is 7.59. The lowest BCUT2D eigenvalue weighted by Gasteiger charge is -2.15. The average Bonchev–Trinajstić information content (AvgIpc) is 2.61. The van der Waals surface area contributed by atoms with E-state index in [9.17, 15) is 4.79 Å². The van der Waals surface area contributed by atoms with Crippen LogP contribution in [-0.4, -0.2) is 17.2 Å². The van der Waals surface area contributed by atoms with Gasteiger partial charge in [-0.3, -0.25) is 0 Å². The lowest BCUT2D eigenvalue weighted by molar-refractivity contribution is 0.0697. The SMILES string of the molecule is CC(C#N)Oc1cc(C(C)(C)C)sc1C(=O)O. The van der Waals surface area contributed by atoms with E-state index in [0.717, 1.165) is 4.88 Å². The molecule has 0 amide bonds. The molecule has 0 saturated carbocycles. The molecular weight excluding hydrogens is 238 g/mol. The molecule has 1 heterocycles. The van der Waals surface area contributed by atoms with Crippen molar-refractivity contribution >= 4 is 17.3 Å². The predicted molar refractivity (Wildman–Crippen MR) is 65.7 cm³/mol. The Morgan fingerprint density at radius 1 is 1.59 bits per heavy atom. The van der Waals surface area contributed by atoms with Gasteiger partial charge in [0.05, 0.1) is 0 Å². The third kappa shape index (κ3) is 3.21. The van der Waals surface area contributed by atoms with Crippen molar-refractivity contribution < 1.29 is 14.6 Å². The summed E-state index contributed by atoms with van der Waals surface area (Å²) in [6, 6.07) is 3.63. The summed E-state index contributed by atoms with van der Waals surface area (Å²) in [6.07, 6.45) is -0.657. The van der Waals surface area contributed by atoms with Crippen LogP contribution in [0.1, 0.15) is 42.2 Å². The zero-order valence-electron chi connectivity index (χ0n) is 10.3. The number of ether oxygens (including phenoxy) is 1. The van der Waals surface area contributed by atoms with Crippen molar-refractivity contribution in [2.75, 3.05) is 0 Å². The molecule has 0 saturated heterocycles. The second kappa shape index (κ2) is 4.76. The molecule has 1 rings (SSSR count). The Kier molecular flexibility index (Phi) is 3.79. The largest absolute Gasteiger partial charge is 0.477 e. The predicted octanol–water partition coefficient (Wildman–Crippen LogP) is 3.03. The van der Waals surface area contributed by atoms with Crippen molar-refractivity contribution in [2.24, 2.45) is 0 Å². The molecule has 0 aromatic carbocycles. The van der Waals surface area contributed by atoms with Crippen LogP contribution in [0, 0.1) is 11.3 Å². The lowest BCUT2D eigenvalue weighted by atomic mass is 9.95. The van der Waals surface area contributed by atoms with Crippen LogP contribution < -0.4 is 4.74 Å². The van der Waals surface area contributed by atoms with Gasteiger partial charge in [-0.25, -0.2) is 4.79 Å². The fraction of sp³-hybridized carbons (Fsp3) is 0.500. The van der Waals surface area contributed by atoms with E-state index in [4.69, 9.17) is 15.1 Å². The van der Waals surface area contributed by atoms with E-state index in [1.165, 1.54) is 11.3 Å². The van der Waals surface area contributed by atoms with Crippen LogP contribution in [0.5, 0.6) is 5.75 Å². The van der Waals surface area contributed by atoms with Crippen molar-refractivity contribution in [3.8, 4) is 11.8 Å². The summed E-state index contributed by atoms with van der Waals surface area (Å²) in [4.78, 5) is 12.2. The fourth-order valence-electron chi connectivity index (χ4n) is 1.20. The van der Waals surface area contributed by atoms with Crippen LogP contribution in [0.25, 0.3) is 0 Å². The average molecular weight is 253 g/mol. The molecule has 1 unspecified atom stereocenters. The highest BCUT2D eigenvalue weighted by Crippen LogP contribution is 2.37. The molecule has 0 fully saturated rings. The Morgan fingerprint density at radius 3 is 2.59 bits per heavy atom. The van der Waals surface area contributed by atoms with Gasteiger partial charge in [-0.05, 0) is 18.4 Å². The van der Waals surface area contributed by atoms with Crippen LogP contribution in [0.3, 0.4) is 0 Å². The second-order valence-corrected chi connectivity index (χ2v) is 5.80. The Morgan fingerprint density at radius 2 is 2.18 bits per heavy atom. The summed E-state index contributed by atoms with van der Waals surface area (Å²) in [5.74, 6) is -0.743. The molecular formula is C12H15NO3S. The van der Waals surface area contributed by atoms with Crippen molar-refractivity contribution in [2.45, 2.75) is 39.2 Å². The first-order valence-corrected chi connectivity index (χ1v) is 6.01. The van der Waals surface area contributed by atoms with Gasteiger partial charge in [0.2, 0.25) is 0 Å². The Bertz CT molecular complexity index is 465. The second-order valence-electron chi connectivity index (χ2n) is 4.75. The highest BCUT2D eigenvalue weighted by molar-refractivity contribution is 7.14. The first kappa shape index (κ1) is 13.5.